The molecule has 0 spiro atoms. The van der Waals surface area contributed by atoms with Crippen molar-refractivity contribution >= 4 is 45.9 Å². The van der Waals surface area contributed by atoms with Crippen LogP contribution >= 0.6 is 23.4 Å². The van der Waals surface area contributed by atoms with Crippen LogP contribution in [0.3, 0.4) is 0 Å². The Morgan fingerprint density at radius 1 is 1.20 bits per heavy atom. The molecule has 0 saturated heterocycles. The predicted octanol–water partition coefficient (Wildman–Crippen LogP) is 3.54. The van der Waals surface area contributed by atoms with Gasteiger partial charge < -0.3 is 5.32 Å². The first kappa shape index (κ1) is 13.1. The van der Waals surface area contributed by atoms with Crippen molar-refractivity contribution in [2.45, 2.75) is 5.16 Å². The molecule has 0 atom stereocenters. The Labute approximate surface area is 124 Å². The number of rotatable bonds is 3. The molecule has 3 rings (SSSR count). The summed E-state index contributed by atoms with van der Waals surface area (Å²) < 4.78 is 0. The van der Waals surface area contributed by atoms with Gasteiger partial charge in [0, 0.05) is 10.7 Å². The number of aromatic nitrogens is 4. The Morgan fingerprint density at radius 2 is 2.10 bits per heavy atom. The summed E-state index contributed by atoms with van der Waals surface area (Å²) in [4.78, 5) is 17.1. The van der Waals surface area contributed by atoms with Gasteiger partial charge in [-0.15, -0.1) is 0 Å². The molecule has 2 heterocycles. The zero-order valence-corrected chi connectivity index (χ0v) is 12.1. The zero-order valence-electron chi connectivity index (χ0n) is 10.5. The standard InChI is InChI=1S/C13H10ClN5S/c1-20-13-15-6-10-11(19-13)12(17-7-16-10)18-9-4-2-3-8(14)5-9/h2-7H,1H3,(H,16,17,18). The summed E-state index contributed by atoms with van der Waals surface area (Å²) in [6.45, 7) is 0. The molecule has 0 radical (unpaired) electrons. The number of halogens is 1. The quantitative estimate of drug-likeness (QED) is 0.590. The lowest BCUT2D eigenvalue weighted by Gasteiger charge is -2.08. The van der Waals surface area contributed by atoms with Crippen LogP contribution in [0.25, 0.3) is 11.0 Å². The minimum atomic E-state index is 0.634. The highest BCUT2D eigenvalue weighted by molar-refractivity contribution is 7.98. The average molecular weight is 304 g/mol. The van der Waals surface area contributed by atoms with Crippen molar-refractivity contribution in [3.63, 3.8) is 0 Å². The molecule has 0 amide bonds. The van der Waals surface area contributed by atoms with Gasteiger partial charge in [-0.05, 0) is 24.5 Å². The molecule has 0 unspecified atom stereocenters. The fourth-order valence-corrected chi connectivity index (χ4v) is 2.26. The van der Waals surface area contributed by atoms with Gasteiger partial charge in [-0.3, -0.25) is 0 Å². The molecular weight excluding hydrogens is 294 g/mol. The highest BCUT2D eigenvalue weighted by Gasteiger charge is 2.07. The van der Waals surface area contributed by atoms with Gasteiger partial charge in [-0.25, -0.2) is 19.9 Å². The van der Waals surface area contributed by atoms with Crippen LogP contribution in [-0.4, -0.2) is 26.2 Å². The number of thioether (sulfide) groups is 1. The molecule has 2 aromatic heterocycles. The van der Waals surface area contributed by atoms with Gasteiger partial charge in [0.1, 0.15) is 17.4 Å². The van der Waals surface area contributed by atoms with Crippen molar-refractivity contribution in [1.29, 1.82) is 0 Å². The Hall–Kier alpha value is -1.92. The van der Waals surface area contributed by atoms with E-state index in [9.17, 15) is 0 Å². The first-order chi connectivity index (χ1) is 9.76. The maximum absolute atomic E-state index is 5.98. The molecule has 100 valence electrons. The molecule has 1 N–H and O–H groups in total. The number of hydrogen-bond acceptors (Lipinski definition) is 6. The van der Waals surface area contributed by atoms with Crippen molar-refractivity contribution in [2.75, 3.05) is 11.6 Å². The number of benzene rings is 1. The van der Waals surface area contributed by atoms with Crippen molar-refractivity contribution in [3.05, 3.63) is 41.8 Å². The molecule has 20 heavy (non-hydrogen) atoms. The lowest BCUT2D eigenvalue weighted by Crippen LogP contribution is -1.99. The smallest absolute Gasteiger partial charge is 0.188 e. The van der Waals surface area contributed by atoms with E-state index in [1.165, 1.54) is 18.1 Å². The molecule has 3 aromatic rings. The van der Waals surface area contributed by atoms with Crippen LogP contribution in [0.2, 0.25) is 5.02 Å². The van der Waals surface area contributed by atoms with Crippen molar-refractivity contribution < 1.29 is 0 Å². The molecule has 5 nitrogen and oxygen atoms in total. The molecule has 1 aromatic carbocycles. The van der Waals surface area contributed by atoms with Crippen LogP contribution in [0.1, 0.15) is 0 Å². The van der Waals surface area contributed by atoms with E-state index in [0.717, 1.165) is 5.69 Å². The summed E-state index contributed by atoms with van der Waals surface area (Å²) in [5.74, 6) is 0.634. The van der Waals surface area contributed by atoms with Crippen LogP contribution in [-0.2, 0) is 0 Å². The second-order valence-electron chi connectivity index (χ2n) is 3.95. The number of fused-ring (bicyclic) bond motifs is 1. The fourth-order valence-electron chi connectivity index (χ4n) is 1.73. The van der Waals surface area contributed by atoms with Crippen molar-refractivity contribution in [1.82, 2.24) is 19.9 Å². The molecule has 0 bridgehead atoms. The molecule has 0 aliphatic carbocycles. The molecule has 0 aliphatic heterocycles. The van der Waals surface area contributed by atoms with Crippen molar-refractivity contribution in [2.24, 2.45) is 0 Å². The Kier molecular flexibility index (Phi) is 3.66. The summed E-state index contributed by atoms with van der Waals surface area (Å²) in [6.07, 6.45) is 5.10. The van der Waals surface area contributed by atoms with E-state index in [2.05, 4.69) is 25.3 Å². The molecule has 0 aliphatic rings. The van der Waals surface area contributed by atoms with Crippen LogP contribution in [0.15, 0.2) is 41.9 Å². The highest BCUT2D eigenvalue weighted by Crippen LogP contribution is 2.24. The Morgan fingerprint density at radius 3 is 2.90 bits per heavy atom. The van der Waals surface area contributed by atoms with E-state index >= 15 is 0 Å². The SMILES string of the molecule is CSc1ncc2ncnc(Nc3cccc(Cl)c3)c2n1. The van der Waals surface area contributed by atoms with E-state index in [0.29, 0.717) is 27.0 Å². The van der Waals surface area contributed by atoms with Crippen LogP contribution in [0, 0.1) is 0 Å². The minimum absolute atomic E-state index is 0.634. The van der Waals surface area contributed by atoms with Crippen LogP contribution in [0.5, 0.6) is 0 Å². The first-order valence-corrected chi connectivity index (χ1v) is 7.41. The second kappa shape index (κ2) is 5.60. The topological polar surface area (TPSA) is 63.6 Å². The predicted molar refractivity (Wildman–Crippen MR) is 81.6 cm³/mol. The molecule has 7 heteroatoms. The van der Waals surface area contributed by atoms with Crippen LogP contribution in [0.4, 0.5) is 11.5 Å². The minimum Gasteiger partial charge on any atom is -0.338 e. The zero-order chi connectivity index (χ0) is 13.9. The number of nitrogens with zero attached hydrogens (tertiary/aromatic N) is 4. The van der Waals surface area contributed by atoms with E-state index in [1.54, 1.807) is 6.20 Å². The summed E-state index contributed by atoms with van der Waals surface area (Å²) in [7, 11) is 0. The van der Waals surface area contributed by atoms with Gasteiger partial charge in [-0.2, -0.15) is 0 Å². The number of hydrogen-bond donors (Lipinski definition) is 1. The van der Waals surface area contributed by atoms with Crippen LogP contribution < -0.4 is 5.32 Å². The number of nitrogens with one attached hydrogen (secondary N) is 1. The maximum atomic E-state index is 5.98. The lowest BCUT2D eigenvalue weighted by atomic mass is 10.3. The Bertz CT molecular complexity index is 765. The Balaban J connectivity index is 2.06. The van der Waals surface area contributed by atoms with E-state index < -0.39 is 0 Å². The highest BCUT2D eigenvalue weighted by atomic mass is 35.5. The third-order valence-corrected chi connectivity index (χ3v) is 3.42. The first-order valence-electron chi connectivity index (χ1n) is 5.80. The normalized spacial score (nSPS) is 10.7. The fraction of sp³-hybridized carbons (Fsp3) is 0.0769. The summed E-state index contributed by atoms with van der Waals surface area (Å²) in [5, 5.41) is 4.55. The summed E-state index contributed by atoms with van der Waals surface area (Å²) in [5.41, 5.74) is 2.23. The van der Waals surface area contributed by atoms with Crippen molar-refractivity contribution in [3.8, 4) is 0 Å². The lowest BCUT2D eigenvalue weighted by molar-refractivity contribution is 0.993. The largest absolute Gasteiger partial charge is 0.338 e. The van der Waals surface area contributed by atoms with Gasteiger partial charge >= 0.3 is 0 Å². The van der Waals surface area contributed by atoms with E-state index in [-0.39, 0.29) is 0 Å². The van der Waals surface area contributed by atoms with Gasteiger partial charge in [0.15, 0.2) is 11.0 Å². The van der Waals surface area contributed by atoms with E-state index in [4.69, 9.17) is 11.6 Å². The summed E-state index contributed by atoms with van der Waals surface area (Å²) in [6, 6.07) is 7.43. The van der Waals surface area contributed by atoms with E-state index in [1.807, 2.05) is 30.5 Å². The third kappa shape index (κ3) is 2.66. The second-order valence-corrected chi connectivity index (χ2v) is 5.16. The monoisotopic (exact) mass is 303 g/mol. The molecule has 0 saturated carbocycles. The molecular formula is C13H10ClN5S. The maximum Gasteiger partial charge on any atom is 0.188 e. The van der Waals surface area contributed by atoms with Gasteiger partial charge in [0.2, 0.25) is 0 Å². The van der Waals surface area contributed by atoms with Gasteiger partial charge in [0.05, 0.1) is 6.20 Å². The summed E-state index contributed by atoms with van der Waals surface area (Å²) >= 11 is 7.45. The van der Waals surface area contributed by atoms with Gasteiger partial charge in [0.25, 0.3) is 0 Å². The average Bonchev–Trinajstić information content (AvgIpc) is 2.47. The number of anilines is 2. The van der Waals surface area contributed by atoms with Gasteiger partial charge in [-0.1, -0.05) is 29.4 Å². The molecule has 0 fully saturated rings. The third-order valence-electron chi connectivity index (χ3n) is 2.63.